The lowest BCUT2D eigenvalue weighted by Crippen LogP contribution is -2.42. The maximum absolute atomic E-state index is 9.67. The molecule has 0 heterocycles. The Hall–Kier alpha value is -2.53. The molecule has 0 fully saturated rings. The minimum Gasteiger partial charge on any atom is -0.489 e. The van der Waals surface area contributed by atoms with Crippen LogP contribution in [0.15, 0.2) is 65.7 Å². The number of aliphatic hydroxyl groups excluding tert-OH is 1. The Morgan fingerprint density at radius 2 is 1.69 bits per heavy atom. The molecule has 0 amide bonds. The third kappa shape index (κ3) is 6.76. The molecule has 140 valence electrons. The van der Waals surface area contributed by atoms with Gasteiger partial charge in [0, 0.05) is 12.5 Å². The van der Waals surface area contributed by atoms with Crippen LogP contribution in [0.3, 0.4) is 0 Å². The number of rotatable bonds is 9. The van der Waals surface area contributed by atoms with Crippen molar-refractivity contribution in [3.8, 4) is 5.75 Å². The number of nitrogens with one attached hydrogen (secondary N) is 2. The number of guanidine groups is 1. The molecule has 0 bridgehead atoms. The van der Waals surface area contributed by atoms with Gasteiger partial charge < -0.3 is 20.5 Å². The number of benzene rings is 2. The van der Waals surface area contributed by atoms with Gasteiger partial charge in [0.05, 0.1) is 19.7 Å². The van der Waals surface area contributed by atoms with Crippen LogP contribution in [0.1, 0.15) is 25.3 Å². The van der Waals surface area contributed by atoms with E-state index in [2.05, 4.69) is 15.6 Å². The zero-order valence-electron chi connectivity index (χ0n) is 15.6. The fourth-order valence-electron chi connectivity index (χ4n) is 2.55. The molecule has 2 rings (SSSR count). The van der Waals surface area contributed by atoms with Crippen molar-refractivity contribution in [2.45, 2.75) is 25.9 Å². The number of nitrogens with zero attached hydrogens (tertiary/aromatic N) is 1. The third-order valence-electron chi connectivity index (χ3n) is 3.94. The predicted octanol–water partition coefficient (Wildman–Crippen LogP) is 2.79. The second-order valence-corrected chi connectivity index (χ2v) is 6.13. The van der Waals surface area contributed by atoms with Crippen LogP contribution in [0.25, 0.3) is 0 Å². The molecule has 0 aromatic heterocycles. The van der Waals surface area contributed by atoms with E-state index in [1.165, 1.54) is 0 Å². The average molecular weight is 355 g/mol. The summed E-state index contributed by atoms with van der Waals surface area (Å²) < 4.78 is 5.87. The highest BCUT2D eigenvalue weighted by atomic mass is 16.5. The fraction of sp³-hybridized carbons (Fsp3) is 0.381. The highest BCUT2D eigenvalue weighted by molar-refractivity contribution is 5.79. The van der Waals surface area contributed by atoms with Gasteiger partial charge in [-0.25, -0.2) is 0 Å². The SMILES string of the molecule is CCNC(=NCC(CO)c1ccccc1)NCC(C)Oc1ccccc1. The van der Waals surface area contributed by atoms with E-state index in [1.807, 2.05) is 74.5 Å². The number of ether oxygens (including phenoxy) is 1. The van der Waals surface area contributed by atoms with Crippen LogP contribution in [-0.4, -0.2) is 43.4 Å². The Balaban J connectivity index is 1.89. The minimum atomic E-state index is -0.00958. The summed E-state index contributed by atoms with van der Waals surface area (Å²) in [5.74, 6) is 1.57. The van der Waals surface area contributed by atoms with Crippen LogP contribution in [0, 0.1) is 0 Å². The van der Waals surface area contributed by atoms with Crippen LogP contribution in [-0.2, 0) is 0 Å². The zero-order chi connectivity index (χ0) is 18.6. The normalized spacial score (nSPS) is 13.7. The highest BCUT2D eigenvalue weighted by Gasteiger charge is 2.10. The van der Waals surface area contributed by atoms with Gasteiger partial charge in [-0.3, -0.25) is 4.99 Å². The second-order valence-electron chi connectivity index (χ2n) is 6.13. The molecule has 2 unspecified atom stereocenters. The fourth-order valence-corrected chi connectivity index (χ4v) is 2.55. The van der Waals surface area contributed by atoms with Gasteiger partial charge >= 0.3 is 0 Å². The molecule has 0 aliphatic rings. The van der Waals surface area contributed by atoms with Crippen molar-refractivity contribution in [2.75, 3.05) is 26.2 Å². The molecule has 0 aliphatic heterocycles. The lowest BCUT2D eigenvalue weighted by Gasteiger charge is -2.18. The van der Waals surface area contributed by atoms with Gasteiger partial charge in [0.25, 0.3) is 0 Å². The van der Waals surface area contributed by atoms with Crippen LogP contribution < -0.4 is 15.4 Å². The summed E-state index contributed by atoms with van der Waals surface area (Å²) >= 11 is 0. The smallest absolute Gasteiger partial charge is 0.191 e. The van der Waals surface area contributed by atoms with Crippen LogP contribution >= 0.6 is 0 Å². The standard InChI is InChI=1S/C21H29N3O2/c1-3-22-21(23-14-17(2)26-20-12-8-5-9-13-20)24-15-19(16-25)18-10-6-4-7-11-18/h4-13,17,19,25H,3,14-16H2,1-2H3,(H2,22,23,24). The van der Waals surface area contributed by atoms with E-state index in [1.54, 1.807) is 0 Å². The maximum Gasteiger partial charge on any atom is 0.191 e. The summed E-state index contributed by atoms with van der Waals surface area (Å²) in [6.07, 6.45) is 0.00372. The first kappa shape index (κ1) is 19.8. The van der Waals surface area contributed by atoms with Gasteiger partial charge in [0.1, 0.15) is 11.9 Å². The van der Waals surface area contributed by atoms with Crippen LogP contribution in [0.4, 0.5) is 0 Å². The van der Waals surface area contributed by atoms with Gasteiger partial charge in [-0.2, -0.15) is 0 Å². The van der Waals surface area contributed by atoms with E-state index in [0.29, 0.717) is 13.1 Å². The molecule has 3 N–H and O–H groups in total. The number of hydrogen-bond acceptors (Lipinski definition) is 3. The molecule has 2 aromatic rings. The van der Waals surface area contributed by atoms with Gasteiger partial charge in [-0.15, -0.1) is 0 Å². The second kappa shape index (κ2) is 11.2. The van der Waals surface area contributed by atoms with E-state index in [0.717, 1.165) is 23.8 Å². The first-order valence-corrected chi connectivity index (χ1v) is 9.12. The summed E-state index contributed by atoms with van der Waals surface area (Å²) in [6.45, 7) is 6.04. The van der Waals surface area contributed by atoms with Gasteiger partial charge in [0.2, 0.25) is 0 Å². The Morgan fingerprint density at radius 3 is 2.31 bits per heavy atom. The summed E-state index contributed by atoms with van der Waals surface area (Å²) in [5.41, 5.74) is 1.09. The van der Waals surface area contributed by atoms with E-state index >= 15 is 0 Å². The minimum absolute atomic E-state index is 0.00372. The van der Waals surface area contributed by atoms with Crippen molar-refractivity contribution in [1.29, 1.82) is 0 Å². The molecular formula is C21H29N3O2. The molecule has 0 saturated carbocycles. The monoisotopic (exact) mass is 355 g/mol. The van der Waals surface area contributed by atoms with Gasteiger partial charge in [-0.1, -0.05) is 48.5 Å². The quantitative estimate of drug-likeness (QED) is 0.478. The molecule has 0 radical (unpaired) electrons. The Labute approximate surface area is 156 Å². The van der Waals surface area contributed by atoms with Crippen molar-refractivity contribution < 1.29 is 9.84 Å². The summed E-state index contributed by atoms with van der Waals surface area (Å²) in [7, 11) is 0. The first-order valence-electron chi connectivity index (χ1n) is 9.12. The molecule has 5 heteroatoms. The molecule has 0 saturated heterocycles. The molecule has 0 aliphatic carbocycles. The van der Waals surface area contributed by atoms with E-state index in [-0.39, 0.29) is 18.6 Å². The average Bonchev–Trinajstić information content (AvgIpc) is 2.68. The third-order valence-corrected chi connectivity index (χ3v) is 3.94. The van der Waals surface area contributed by atoms with Crippen molar-refractivity contribution in [1.82, 2.24) is 10.6 Å². The first-order chi connectivity index (χ1) is 12.7. The predicted molar refractivity (Wildman–Crippen MR) is 107 cm³/mol. The molecule has 26 heavy (non-hydrogen) atoms. The van der Waals surface area contributed by atoms with Crippen molar-refractivity contribution in [3.63, 3.8) is 0 Å². The molecule has 5 nitrogen and oxygen atoms in total. The lowest BCUT2D eigenvalue weighted by molar-refractivity contribution is 0.223. The number of hydrogen-bond donors (Lipinski definition) is 3. The molecule has 2 aromatic carbocycles. The van der Waals surface area contributed by atoms with Crippen molar-refractivity contribution in [3.05, 3.63) is 66.2 Å². The Kier molecular flexibility index (Phi) is 8.49. The van der Waals surface area contributed by atoms with Crippen LogP contribution in [0.2, 0.25) is 0 Å². The number of aliphatic imine (C=N–C) groups is 1. The molecule has 0 spiro atoms. The largest absolute Gasteiger partial charge is 0.489 e. The topological polar surface area (TPSA) is 65.9 Å². The summed E-state index contributed by atoms with van der Waals surface area (Å²) in [6, 6.07) is 19.7. The number of para-hydroxylation sites is 1. The zero-order valence-corrected chi connectivity index (χ0v) is 15.6. The number of aliphatic hydroxyl groups is 1. The summed E-state index contributed by atoms with van der Waals surface area (Å²) in [5, 5.41) is 16.2. The van der Waals surface area contributed by atoms with Crippen LogP contribution in [0.5, 0.6) is 5.75 Å². The lowest BCUT2D eigenvalue weighted by atomic mass is 10.0. The molecular weight excluding hydrogens is 326 g/mol. The Bertz CT molecular complexity index is 647. The van der Waals surface area contributed by atoms with E-state index in [4.69, 9.17) is 4.74 Å². The van der Waals surface area contributed by atoms with Gasteiger partial charge in [-0.05, 0) is 31.5 Å². The highest BCUT2D eigenvalue weighted by Crippen LogP contribution is 2.15. The van der Waals surface area contributed by atoms with Crippen molar-refractivity contribution in [2.24, 2.45) is 4.99 Å². The maximum atomic E-state index is 9.67. The summed E-state index contributed by atoms with van der Waals surface area (Å²) in [4.78, 5) is 4.62. The molecule has 2 atom stereocenters. The van der Waals surface area contributed by atoms with E-state index < -0.39 is 0 Å². The Morgan fingerprint density at radius 1 is 1.04 bits per heavy atom. The van der Waals surface area contributed by atoms with E-state index in [9.17, 15) is 5.11 Å². The van der Waals surface area contributed by atoms with Crippen molar-refractivity contribution >= 4 is 5.96 Å². The van der Waals surface area contributed by atoms with Gasteiger partial charge in [0.15, 0.2) is 5.96 Å².